The molecule has 0 heterocycles. The molecule has 0 amide bonds. The van der Waals surface area contributed by atoms with E-state index < -0.39 is 0 Å². The van der Waals surface area contributed by atoms with Crippen LogP contribution in [0, 0.1) is 64.6 Å². The van der Waals surface area contributed by atoms with Gasteiger partial charge in [0.1, 0.15) is 0 Å². The Morgan fingerprint density at radius 3 is 1.93 bits per heavy atom. The van der Waals surface area contributed by atoms with E-state index in [9.17, 15) is 0 Å². The highest BCUT2D eigenvalue weighted by Gasteiger charge is 2.57. The van der Waals surface area contributed by atoms with Gasteiger partial charge in [-0.2, -0.15) is 0 Å². The zero-order valence-corrected chi connectivity index (χ0v) is 20.5. The Morgan fingerprint density at radius 1 is 0.889 bits per heavy atom. The summed E-state index contributed by atoms with van der Waals surface area (Å²) in [6, 6.07) is 0. The number of hydrogen-bond donors (Lipinski definition) is 0. The predicted octanol–water partition coefficient (Wildman–Crippen LogP) is 8.70. The van der Waals surface area contributed by atoms with Crippen LogP contribution in [0.2, 0.25) is 0 Å². The van der Waals surface area contributed by atoms with Gasteiger partial charge in [-0.25, -0.2) is 0 Å². The lowest BCUT2D eigenvalue weighted by Gasteiger charge is -2.33. The average molecular weight is 377 g/mol. The second-order valence-electron chi connectivity index (χ2n) is 11.6. The Hall–Kier alpha value is 0. The molecular weight excluding hydrogens is 324 g/mol. The molecule has 9 unspecified atom stereocenters. The van der Waals surface area contributed by atoms with E-state index in [2.05, 4.69) is 69.2 Å². The van der Waals surface area contributed by atoms with Gasteiger partial charge in [-0.15, -0.1) is 0 Å². The van der Waals surface area contributed by atoms with Crippen molar-refractivity contribution in [2.75, 3.05) is 0 Å². The van der Waals surface area contributed by atoms with Gasteiger partial charge in [0.25, 0.3) is 0 Å². The fourth-order valence-corrected chi connectivity index (χ4v) is 7.20. The quantitative estimate of drug-likeness (QED) is 0.357. The first-order chi connectivity index (χ1) is 12.6. The molecule has 0 aromatic heterocycles. The molecule has 0 aromatic carbocycles. The van der Waals surface area contributed by atoms with Crippen LogP contribution in [0.4, 0.5) is 0 Å². The van der Waals surface area contributed by atoms with Crippen molar-refractivity contribution in [2.24, 2.45) is 64.6 Å². The summed E-state index contributed by atoms with van der Waals surface area (Å²) in [4.78, 5) is 0. The fraction of sp³-hybridized carbons (Fsp3) is 1.00. The van der Waals surface area contributed by atoms with Crippen LogP contribution in [-0.4, -0.2) is 0 Å². The molecule has 2 aliphatic rings. The Balaban J connectivity index is 1.96. The Labute approximate surface area is 172 Å². The van der Waals surface area contributed by atoms with Crippen molar-refractivity contribution in [3.8, 4) is 0 Å². The first-order valence-electron chi connectivity index (χ1n) is 12.6. The molecule has 0 aromatic rings. The van der Waals surface area contributed by atoms with Crippen LogP contribution in [0.5, 0.6) is 0 Å². The minimum atomic E-state index is 0.700. The molecule has 2 rings (SSSR count). The third-order valence-corrected chi connectivity index (χ3v) is 10.7. The van der Waals surface area contributed by atoms with E-state index in [0.29, 0.717) is 5.41 Å². The van der Waals surface area contributed by atoms with Gasteiger partial charge in [-0.05, 0) is 96.7 Å². The van der Waals surface area contributed by atoms with Crippen molar-refractivity contribution in [3.63, 3.8) is 0 Å². The van der Waals surface area contributed by atoms with Crippen molar-refractivity contribution in [2.45, 2.75) is 108 Å². The van der Waals surface area contributed by atoms with Gasteiger partial charge in [0.15, 0.2) is 0 Å². The molecule has 2 saturated carbocycles. The van der Waals surface area contributed by atoms with Gasteiger partial charge in [0.05, 0.1) is 0 Å². The van der Waals surface area contributed by atoms with E-state index >= 15 is 0 Å². The van der Waals surface area contributed by atoms with Gasteiger partial charge in [-0.3, -0.25) is 0 Å². The Morgan fingerprint density at radius 2 is 1.48 bits per heavy atom. The summed E-state index contributed by atoms with van der Waals surface area (Å²) in [6.07, 6.45) is 8.71. The molecule has 0 saturated heterocycles. The van der Waals surface area contributed by atoms with Crippen molar-refractivity contribution >= 4 is 0 Å². The van der Waals surface area contributed by atoms with E-state index in [1.165, 1.54) is 38.5 Å². The van der Waals surface area contributed by atoms with Gasteiger partial charge in [-0.1, -0.05) is 75.7 Å². The van der Waals surface area contributed by atoms with E-state index in [1.54, 1.807) is 0 Å². The SMILES string of the molecule is CCC(CC(C)C(C)C)C(C)C1CC(CCC2(CC)C(C)C2C)C(C)C1C. The van der Waals surface area contributed by atoms with Gasteiger partial charge in [0.2, 0.25) is 0 Å². The first kappa shape index (κ1) is 23.3. The molecule has 0 aliphatic heterocycles. The standard InChI is InChI=1S/C27H52/c1-11-24(15-18(5)17(3)4)21(8)26-16-25(19(6)20(26)7)13-14-27(12-2)22(9)23(27)10/h17-26H,11-16H2,1-10H3. The first-order valence-corrected chi connectivity index (χ1v) is 12.6. The van der Waals surface area contributed by atoms with Crippen LogP contribution in [0.15, 0.2) is 0 Å². The molecule has 9 atom stereocenters. The van der Waals surface area contributed by atoms with Crippen LogP contribution >= 0.6 is 0 Å². The maximum Gasteiger partial charge on any atom is -0.0243 e. The third kappa shape index (κ3) is 4.61. The van der Waals surface area contributed by atoms with Crippen LogP contribution in [0.25, 0.3) is 0 Å². The summed E-state index contributed by atoms with van der Waals surface area (Å²) in [5.74, 6) is 9.23. The van der Waals surface area contributed by atoms with Crippen molar-refractivity contribution < 1.29 is 0 Å². The summed E-state index contributed by atoms with van der Waals surface area (Å²) < 4.78 is 0. The molecule has 0 spiro atoms. The zero-order chi connectivity index (χ0) is 20.5. The second-order valence-corrected chi connectivity index (χ2v) is 11.6. The highest BCUT2D eigenvalue weighted by Crippen LogP contribution is 2.64. The van der Waals surface area contributed by atoms with Crippen LogP contribution in [0.1, 0.15) is 108 Å². The lowest BCUT2D eigenvalue weighted by molar-refractivity contribution is 0.158. The molecular formula is C27H52. The van der Waals surface area contributed by atoms with E-state index in [1.807, 2.05) is 0 Å². The van der Waals surface area contributed by atoms with E-state index in [4.69, 9.17) is 0 Å². The topological polar surface area (TPSA) is 0 Å². The van der Waals surface area contributed by atoms with E-state index in [0.717, 1.165) is 59.2 Å². The van der Waals surface area contributed by atoms with Crippen LogP contribution < -0.4 is 0 Å². The maximum absolute atomic E-state index is 2.61. The zero-order valence-electron chi connectivity index (χ0n) is 20.5. The molecule has 0 nitrogen and oxygen atoms in total. The van der Waals surface area contributed by atoms with Crippen LogP contribution in [0.3, 0.4) is 0 Å². The lowest BCUT2D eigenvalue weighted by atomic mass is 9.72. The van der Waals surface area contributed by atoms with Gasteiger partial charge >= 0.3 is 0 Å². The lowest BCUT2D eigenvalue weighted by Crippen LogP contribution is -2.26. The Kier molecular flexibility index (Phi) is 7.94. The van der Waals surface area contributed by atoms with Crippen molar-refractivity contribution in [3.05, 3.63) is 0 Å². The molecule has 160 valence electrons. The molecule has 2 aliphatic carbocycles. The summed E-state index contributed by atoms with van der Waals surface area (Å²) in [5.41, 5.74) is 0.700. The van der Waals surface area contributed by atoms with Gasteiger partial charge < -0.3 is 0 Å². The third-order valence-electron chi connectivity index (χ3n) is 10.7. The minimum absolute atomic E-state index is 0.700. The normalized spacial score (nSPS) is 42.3. The fourth-order valence-electron chi connectivity index (χ4n) is 7.20. The molecule has 0 radical (unpaired) electrons. The number of rotatable bonds is 10. The van der Waals surface area contributed by atoms with Crippen molar-refractivity contribution in [1.82, 2.24) is 0 Å². The smallest absolute Gasteiger partial charge is 0.0243 e. The number of hydrogen-bond acceptors (Lipinski definition) is 0. The van der Waals surface area contributed by atoms with Gasteiger partial charge in [0, 0.05) is 0 Å². The molecule has 27 heavy (non-hydrogen) atoms. The average Bonchev–Trinajstić information content (AvgIpc) is 3.03. The minimum Gasteiger partial charge on any atom is -0.0651 e. The molecule has 0 heteroatoms. The monoisotopic (exact) mass is 376 g/mol. The maximum atomic E-state index is 2.61. The van der Waals surface area contributed by atoms with E-state index in [-0.39, 0.29) is 0 Å². The summed E-state index contributed by atoms with van der Waals surface area (Å²) in [6.45, 7) is 24.9. The van der Waals surface area contributed by atoms with Crippen LogP contribution in [-0.2, 0) is 0 Å². The Bertz CT molecular complexity index is 441. The summed E-state index contributed by atoms with van der Waals surface area (Å²) >= 11 is 0. The highest BCUT2D eigenvalue weighted by molar-refractivity contribution is 5.05. The summed E-state index contributed by atoms with van der Waals surface area (Å²) in [7, 11) is 0. The van der Waals surface area contributed by atoms with Crippen molar-refractivity contribution in [1.29, 1.82) is 0 Å². The second kappa shape index (κ2) is 9.21. The largest absolute Gasteiger partial charge is 0.0651 e. The molecule has 2 fully saturated rings. The molecule has 0 N–H and O–H groups in total. The highest BCUT2D eigenvalue weighted by atomic mass is 14.6. The predicted molar refractivity (Wildman–Crippen MR) is 122 cm³/mol. The summed E-state index contributed by atoms with van der Waals surface area (Å²) in [5, 5.41) is 0. The molecule has 0 bridgehead atoms.